The van der Waals surface area contributed by atoms with Crippen molar-refractivity contribution in [3.05, 3.63) is 54.1 Å². The third-order valence-electron chi connectivity index (χ3n) is 4.68. The normalized spacial score (nSPS) is 15.1. The van der Waals surface area contributed by atoms with Gasteiger partial charge in [-0.25, -0.2) is 9.78 Å². The SMILES string of the molecule is O=C(Nc1cccc(C(F)(F)F)c1)N1CCN(c2nc3ccccc3[nH]2)CC1. The number of piperazine rings is 1. The van der Waals surface area contributed by atoms with Gasteiger partial charge in [0.05, 0.1) is 16.6 Å². The van der Waals surface area contributed by atoms with Crippen molar-refractivity contribution in [1.82, 2.24) is 14.9 Å². The Hall–Kier alpha value is -3.23. The summed E-state index contributed by atoms with van der Waals surface area (Å²) in [7, 11) is 0. The summed E-state index contributed by atoms with van der Waals surface area (Å²) in [5, 5.41) is 2.55. The maximum Gasteiger partial charge on any atom is 0.416 e. The van der Waals surface area contributed by atoms with Crippen molar-refractivity contribution in [1.29, 1.82) is 0 Å². The number of carbonyl (C=O) groups is 1. The van der Waals surface area contributed by atoms with Crippen LogP contribution in [0.3, 0.4) is 0 Å². The molecule has 0 radical (unpaired) electrons. The monoisotopic (exact) mass is 389 g/mol. The average molecular weight is 389 g/mol. The minimum Gasteiger partial charge on any atom is -0.339 e. The number of hydrogen-bond donors (Lipinski definition) is 2. The van der Waals surface area contributed by atoms with E-state index in [1.54, 1.807) is 4.90 Å². The highest BCUT2D eigenvalue weighted by Gasteiger charge is 2.30. The maximum absolute atomic E-state index is 12.8. The second-order valence-electron chi connectivity index (χ2n) is 6.56. The molecule has 9 heteroatoms. The number of carbonyl (C=O) groups excluding carboxylic acids is 1. The fraction of sp³-hybridized carbons (Fsp3) is 0.263. The molecule has 1 aromatic heterocycles. The van der Waals surface area contributed by atoms with Gasteiger partial charge in [0.2, 0.25) is 5.95 Å². The zero-order valence-electron chi connectivity index (χ0n) is 14.8. The molecule has 146 valence electrons. The number of urea groups is 1. The topological polar surface area (TPSA) is 64.3 Å². The number of nitrogens with zero attached hydrogens (tertiary/aromatic N) is 3. The van der Waals surface area contributed by atoms with E-state index >= 15 is 0 Å². The van der Waals surface area contributed by atoms with Gasteiger partial charge in [0.1, 0.15) is 0 Å². The first-order chi connectivity index (χ1) is 13.4. The summed E-state index contributed by atoms with van der Waals surface area (Å²) in [5.41, 5.74) is 1.16. The fourth-order valence-electron chi connectivity index (χ4n) is 3.19. The molecule has 0 saturated carbocycles. The Kier molecular flexibility index (Phi) is 4.58. The summed E-state index contributed by atoms with van der Waals surface area (Å²) in [6, 6.07) is 11.9. The quantitative estimate of drug-likeness (QED) is 0.698. The molecule has 0 bridgehead atoms. The predicted octanol–water partition coefficient (Wildman–Crippen LogP) is 3.94. The van der Waals surface area contributed by atoms with E-state index in [4.69, 9.17) is 0 Å². The second-order valence-corrected chi connectivity index (χ2v) is 6.56. The van der Waals surface area contributed by atoms with E-state index in [-0.39, 0.29) is 5.69 Å². The van der Waals surface area contributed by atoms with Gasteiger partial charge in [0, 0.05) is 31.9 Å². The summed E-state index contributed by atoms with van der Waals surface area (Å²) >= 11 is 0. The van der Waals surface area contributed by atoms with Crippen LogP contribution in [0.4, 0.5) is 29.6 Å². The number of aromatic amines is 1. The molecule has 4 rings (SSSR count). The van der Waals surface area contributed by atoms with E-state index in [1.807, 2.05) is 29.2 Å². The standard InChI is InChI=1S/C19H18F3N5O/c20-19(21,22)13-4-3-5-14(12-13)23-18(28)27-10-8-26(9-11-27)17-24-15-6-1-2-7-16(15)25-17/h1-7,12H,8-11H2,(H,23,28)(H,24,25). The van der Waals surface area contributed by atoms with E-state index in [0.29, 0.717) is 26.2 Å². The van der Waals surface area contributed by atoms with Gasteiger partial charge in [-0.3, -0.25) is 0 Å². The number of amides is 2. The minimum absolute atomic E-state index is 0.125. The number of benzene rings is 2. The molecule has 2 N–H and O–H groups in total. The maximum atomic E-state index is 12.8. The zero-order valence-corrected chi connectivity index (χ0v) is 14.8. The summed E-state index contributed by atoms with van der Waals surface area (Å²) in [6.07, 6.45) is -4.45. The number of nitrogens with one attached hydrogen (secondary N) is 2. The zero-order chi connectivity index (χ0) is 19.7. The molecule has 1 fully saturated rings. The van der Waals surface area contributed by atoms with Gasteiger partial charge in [-0.2, -0.15) is 13.2 Å². The highest BCUT2D eigenvalue weighted by molar-refractivity contribution is 5.89. The third kappa shape index (κ3) is 3.73. The van der Waals surface area contributed by atoms with Crippen LogP contribution >= 0.6 is 0 Å². The Morgan fingerprint density at radius 2 is 1.79 bits per heavy atom. The molecule has 0 unspecified atom stereocenters. The van der Waals surface area contributed by atoms with Crippen LogP contribution in [0, 0.1) is 0 Å². The third-order valence-corrected chi connectivity index (χ3v) is 4.68. The molecule has 2 aromatic carbocycles. The first kappa shape index (κ1) is 18.1. The molecule has 0 spiro atoms. The molecule has 28 heavy (non-hydrogen) atoms. The number of aromatic nitrogens is 2. The smallest absolute Gasteiger partial charge is 0.339 e. The van der Waals surface area contributed by atoms with Gasteiger partial charge in [-0.15, -0.1) is 0 Å². The number of anilines is 2. The van der Waals surface area contributed by atoms with Gasteiger partial charge in [-0.05, 0) is 30.3 Å². The van der Waals surface area contributed by atoms with E-state index in [1.165, 1.54) is 12.1 Å². The highest BCUT2D eigenvalue weighted by atomic mass is 19.4. The van der Waals surface area contributed by atoms with Crippen molar-refractivity contribution in [3.8, 4) is 0 Å². The lowest BCUT2D eigenvalue weighted by Crippen LogP contribution is -2.50. The number of rotatable bonds is 2. The summed E-state index contributed by atoms with van der Waals surface area (Å²) < 4.78 is 38.4. The molecular formula is C19H18F3N5O. The van der Waals surface area contributed by atoms with Crippen LogP contribution in [-0.4, -0.2) is 47.1 Å². The van der Waals surface area contributed by atoms with Gasteiger partial charge < -0.3 is 20.1 Å². The number of alkyl halides is 3. The van der Waals surface area contributed by atoms with Crippen molar-refractivity contribution in [2.75, 3.05) is 36.4 Å². The van der Waals surface area contributed by atoms with Crippen LogP contribution in [0.2, 0.25) is 0 Å². The lowest BCUT2D eigenvalue weighted by molar-refractivity contribution is -0.137. The Labute approximate surface area is 159 Å². The molecule has 0 aliphatic carbocycles. The highest BCUT2D eigenvalue weighted by Crippen LogP contribution is 2.30. The first-order valence-corrected chi connectivity index (χ1v) is 8.83. The molecule has 6 nitrogen and oxygen atoms in total. The number of fused-ring (bicyclic) bond motifs is 1. The largest absolute Gasteiger partial charge is 0.416 e. The summed E-state index contributed by atoms with van der Waals surface area (Å²) in [6.45, 7) is 2.05. The van der Waals surface area contributed by atoms with Crippen molar-refractivity contribution in [3.63, 3.8) is 0 Å². The van der Waals surface area contributed by atoms with Gasteiger partial charge in [-0.1, -0.05) is 18.2 Å². The molecule has 1 aliphatic rings. The lowest BCUT2D eigenvalue weighted by Gasteiger charge is -2.34. The summed E-state index contributed by atoms with van der Waals surface area (Å²) in [4.78, 5) is 23.8. The lowest BCUT2D eigenvalue weighted by atomic mass is 10.2. The number of para-hydroxylation sites is 2. The Balaban J connectivity index is 1.37. The molecule has 2 heterocycles. The van der Waals surface area contributed by atoms with Crippen molar-refractivity contribution < 1.29 is 18.0 Å². The van der Waals surface area contributed by atoms with Gasteiger partial charge >= 0.3 is 12.2 Å². The van der Waals surface area contributed by atoms with Gasteiger partial charge in [0.15, 0.2) is 0 Å². The van der Waals surface area contributed by atoms with Crippen LogP contribution in [0.25, 0.3) is 11.0 Å². The number of hydrogen-bond acceptors (Lipinski definition) is 3. The van der Waals surface area contributed by atoms with Crippen molar-refractivity contribution >= 4 is 28.7 Å². The average Bonchev–Trinajstić information content (AvgIpc) is 3.12. The molecular weight excluding hydrogens is 371 g/mol. The van der Waals surface area contributed by atoms with E-state index < -0.39 is 17.8 Å². The number of halogens is 3. The van der Waals surface area contributed by atoms with Crippen molar-refractivity contribution in [2.45, 2.75) is 6.18 Å². The van der Waals surface area contributed by atoms with Crippen molar-refractivity contribution in [2.24, 2.45) is 0 Å². The second kappa shape index (κ2) is 7.06. The number of H-pyrrole nitrogens is 1. The van der Waals surface area contributed by atoms with Crippen LogP contribution in [0.5, 0.6) is 0 Å². The van der Waals surface area contributed by atoms with E-state index in [0.717, 1.165) is 29.1 Å². The minimum atomic E-state index is -4.45. The van der Waals surface area contributed by atoms with Crippen LogP contribution in [0.15, 0.2) is 48.5 Å². The Morgan fingerprint density at radius 3 is 2.50 bits per heavy atom. The molecule has 2 amide bonds. The van der Waals surface area contributed by atoms with Crippen LogP contribution < -0.4 is 10.2 Å². The molecule has 1 saturated heterocycles. The fourth-order valence-corrected chi connectivity index (χ4v) is 3.19. The van der Waals surface area contributed by atoms with Crippen LogP contribution in [0.1, 0.15) is 5.56 Å². The van der Waals surface area contributed by atoms with E-state index in [9.17, 15) is 18.0 Å². The van der Waals surface area contributed by atoms with Gasteiger partial charge in [0.25, 0.3) is 0 Å². The molecule has 0 atom stereocenters. The predicted molar refractivity (Wildman–Crippen MR) is 100 cm³/mol. The summed E-state index contributed by atoms with van der Waals surface area (Å²) in [5.74, 6) is 0.749. The first-order valence-electron chi connectivity index (χ1n) is 8.83. The Bertz CT molecular complexity index is 959. The Morgan fingerprint density at radius 1 is 1.04 bits per heavy atom. The molecule has 3 aromatic rings. The van der Waals surface area contributed by atoms with E-state index in [2.05, 4.69) is 15.3 Å². The molecule has 1 aliphatic heterocycles. The van der Waals surface area contributed by atoms with Crippen LogP contribution in [-0.2, 0) is 6.18 Å². The number of imidazole rings is 1.